The Labute approximate surface area is 209 Å². The summed E-state index contributed by atoms with van der Waals surface area (Å²) in [5.41, 5.74) is 5.48. The zero-order valence-electron chi connectivity index (χ0n) is 18.7. The first-order valence-corrected chi connectivity index (χ1v) is 12.9. The maximum Gasteiger partial charge on any atom is 0.226 e. The molecule has 0 radical (unpaired) electrons. The highest BCUT2D eigenvalue weighted by atomic mass is 32.2. The quantitative estimate of drug-likeness (QED) is 0.274. The number of carbonyl (C=O) groups excluding carboxylic acids is 1. The molecule has 5 aromatic rings. The zero-order valence-corrected chi connectivity index (χ0v) is 20.3. The average Bonchev–Trinajstić information content (AvgIpc) is 3.48. The molecule has 0 bridgehead atoms. The van der Waals surface area contributed by atoms with Crippen LogP contribution in [-0.2, 0) is 4.79 Å². The summed E-state index contributed by atoms with van der Waals surface area (Å²) in [6, 6.07) is 20.1. The lowest BCUT2D eigenvalue weighted by molar-refractivity contribution is -0.115. The molecule has 9 heteroatoms. The van der Waals surface area contributed by atoms with Gasteiger partial charge in [-0.15, -0.1) is 21.5 Å². The van der Waals surface area contributed by atoms with Gasteiger partial charge in [-0.3, -0.25) is 4.79 Å². The van der Waals surface area contributed by atoms with E-state index in [4.69, 9.17) is 9.72 Å². The molecule has 1 amide bonds. The minimum Gasteiger partial charge on any atom is -0.496 e. The fourth-order valence-corrected chi connectivity index (χ4v) is 5.66. The summed E-state index contributed by atoms with van der Waals surface area (Å²) in [5, 5.41) is 17.0. The van der Waals surface area contributed by atoms with E-state index in [0.29, 0.717) is 22.5 Å². The van der Waals surface area contributed by atoms with Crippen molar-refractivity contribution >= 4 is 44.9 Å². The van der Waals surface area contributed by atoms with Crippen LogP contribution in [0.2, 0.25) is 0 Å². The van der Waals surface area contributed by atoms with Gasteiger partial charge in [0.05, 0.1) is 12.8 Å². The number of carbonyl (C=O) groups is 1. The maximum absolute atomic E-state index is 12.5. The SMILES string of the molecule is COc1ccccc1-c1csc(NC(=O)CCSc2nnc3c(n2)-c2cccc4cccc-3c24)n1. The molecule has 0 saturated carbocycles. The lowest BCUT2D eigenvalue weighted by atomic mass is 10.0. The molecule has 0 spiro atoms. The molecular formula is C26H19N5O2S2. The first kappa shape index (κ1) is 21.7. The molecule has 172 valence electrons. The van der Waals surface area contributed by atoms with Crippen LogP contribution in [0.25, 0.3) is 44.5 Å². The van der Waals surface area contributed by atoms with E-state index in [9.17, 15) is 4.79 Å². The zero-order chi connectivity index (χ0) is 23.8. The molecule has 3 aromatic carbocycles. The van der Waals surface area contributed by atoms with E-state index in [0.717, 1.165) is 39.5 Å². The average molecular weight is 498 g/mol. The lowest BCUT2D eigenvalue weighted by Crippen LogP contribution is -2.12. The normalized spacial score (nSPS) is 11.5. The molecule has 1 aliphatic rings. The van der Waals surface area contributed by atoms with Gasteiger partial charge in [0.15, 0.2) is 5.13 Å². The number of rotatable bonds is 7. The smallest absolute Gasteiger partial charge is 0.226 e. The van der Waals surface area contributed by atoms with Crippen molar-refractivity contribution < 1.29 is 9.53 Å². The predicted molar refractivity (Wildman–Crippen MR) is 140 cm³/mol. The number of aromatic nitrogens is 4. The highest BCUT2D eigenvalue weighted by molar-refractivity contribution is 7.99. The number of anilines is 1. The summed E-state index contributed by atoms with van der Waals surface area (Å²) in [4.78, 5) is 21.8. The number of nitrogens with zero attached hydrogens (tertiary/aromatic N) is 4. The van der Waals surface area contributed by atoms with Crippen LogP contribution in [0.5, 0.6) is 5.75 Å². The third-order valence-electron chi connectivity index (χ3n) is 5.78. The van der Waals surface area contributed by atoms with Crippen LogP contribution in [0.1, 0.15) is 6.42 Å². The molecule has 2 aromatic heterocycles. The van der Waals surface area contributed by atoms with Crippen LogP contribution in [0.15, 0.2) is 71.2 Å². The van der Waals surface area contributed by atoms with Gasteiger partial charge in [-0.25, -0.2) is 9.97 Å². The van der Waals surface area contributed by atoms with Gasteiger partial charge in [0.2, 0.25) is 11.1 Å². The standard InChI is InChI=1S/C26H19N5O2S2/c1-33-20-11-3-2-8-16(20)19-14-35-25(27-19)28-21(32)12-13-34-26-29-23-17-9-4-6-15-7-5-10-18(22(15)17)24(23)30-31-26/h2-11,14H,12-13H2,1H3,(H,27,28,32). The van der Waals surface area contributed by atoms with Crippen LogP contribution in [0.4, 0.5) is 5.13 Å². The summed E-state index contributed by atoms with van der Waals surface area (Å²) in [6.45, 7) is 0. The third-order valence-corrected chi connectivity index (χ3v) is 7.37. The number of hydrogen-bond acceptors (Lipinski definition) is 8. The Bertz CT molecular complexity index is 1580. The minimum atomic E-state index is -0.107. The minimum absolute atomic E-state index is 0.107. The molecule has 0 aliphatic heterocycles. The number of nitrogens with one attached hydrogen (secondary N) is 1. The topological polar surface area (TPSA) is 89.9 Å². The Kier molecular flexibility index (Phi) is 5.63. The van der Waals surface area contributed by atoms with Crippen molar-refractivity contribution in [3.05, 3.63) is 66.0 Å². The van der Waals surface area contributed by atoms with Crippen LogP contribution < -0.4 is 10.1 Å². The Morgan fingerprint density at radius 2 is 1.71 bits per heavy atom. The number of para-hydroxylation sites is 1. The summed E-state index contributed by atoms with van der Waals surface area (Å²) in [5.74, 6) is 1.17. The van der Waals surface area contributed by atoms with Crippen molar-refractivity contribution in [2.75, 3.05) is 18.2 Å². The predicted octanol–water partition coefficient (Wildman–Crippen LogP) is 5.93. The van der Waals surface area contributed by atoms with Crippen LogP contribution in [-0.4, -0.2) is 38.9 Å². The number of benzene rings is 3. The van der Waals surface area contributed by atoms with E-state index in [2.05, 4.69) is 44.8 Å². The number of methoxy groups -OCH3 is 1. The molecule has 35 heavy (non-hydrogen) atoms. The van der Waals surface area contributed by atoms with Gasteiger partial charge in [0.25, 0.3) is 0 Å². The van der Waals surface area contributed by atoms with Gasteiger partial charge < -0.3 is 10.1 Å². The summed E-state index contributed by atoms with van der Waals surface area (Å²) < 4.78 is 5.40. The highest BCUT2D eigenvalue weighted by Gasteiger charge is 2.24. The van der Waals surface area contributed by atoms with Crippen molar-refractivity contribution in [1.82, 2.24) is 20.2 Å². The Hall–Kier alpha value is -3.82. The monoisotopic (exact) mass is 497 g/mol. The highest BCUT2D eigenvalue weighted by Crippen LogP contribution is 2.44. The van der Waals surface area contributed by atoms with Gasteiger partial charge in [0.1, 0.15) is 17.1 Å². The number of hydrogen-bond donors (Lipinski definition) is 1. The number of thioether (sulfide) groups is 1. The molecule has 1 N–H and O–H groups in total. The fourth-order valence-electron chi connectivity index (χ4n) is 4.20. The van der Waals surface area contributed by atoms with Crippen LogP contribution in [0, 0.1) is 0 Å². The van der Waals surface area contributed by atoms with Crippen molar-refractivity contribution in [1.29, 1.82) is 0 Å². The van der Waals surface area contributed by atoms with Gasteiger partial charge >= 0.3 is 0 Å². The number of thiazole rings is 1. The van der Waals surface area contributed by atoms with Crippen molar-refractivity contribution in [2.45, 2.75) is 11.6 Å². The second kappa shape index (κ2) is 9.09. The summed E-state index contributed by atoms with van der Waals surface area (Å²) in [6.07, 6.45) is 0.310. The van der Waals surface area contributed by atoms with Crippen LogP contribution >= 0.6 is 23.1 Å². The first-order chi connectivity index (χ1) is 17.2. The second-order valence-corrected chi connectivity index (χ2v) is 9.81. The van der Waals surface area contributed by atoms with Gasteiger partial charge in [-0.1, -0.05) is 60.3 Å². The van der Waals surface area contributed by atoms with E-state index in [1.165, 1.54) is 33.9 Å². The largest absolute Gasteiger partial charge is 0.496 e. The molecule has 1 aliphatic carbocycles. The van der Waals surface area contributed by atoms with Gasteiger partial charge in [0, 0.05) is 39.6 Å². The fraction of sp³-hybridized carbons (Fsp3) is 0.115. The molecule has 0 fully saturated rings. The number of ether oxygens (including phenoxy) is 1. The molecule has 7 nitrogen and oxygen atoms in total. The van der Waals surface area contributed by atoms with E-state index in [1.54, 1.807) is 7.11 Å². The molecule has 0 saturated heterocycles. The van der Waals surface area contributed by atoms with Crippen LogP contribution in [0.3, 0.4) is 0 Å². The van der Waals surface area contributed by atoms with Gasteiger partial charge in [-0.2, -0.15) is 0 Å². The number of fused-ring (bicyclic) bond motifs is 3. The van der Waals surface area contributed by atoms with Crippen molar-refractivity contribution in [3.8, 4) is 39.5 Å². The summed E-state index contributed by atoms with van der Waals surface area (Å²) >= 11 is 2.81. The Balaban J connectivity index is 1.10. The van der Waals surface area contributed by atoms with Crippen molar-refractivity contribution in [3.63, 3.8) is 0 Å². The van der Waals surface area contributed by atoms with E-state index in [-0.39, 0.29) is 5.91 Å². The molecule has 0 unspecified atom stereocenters. The molecular weight excluding hydrogens is 478 g/mol. The molecule has 2 heterocycles. The van der Waals surface area contributed by atoms with E-state index >= 15 is 0 Å². The number of amides is 1. The first-order valence-electron chi connectivity index (χ1n) is 11.0. The van der Waals surface area contributed by atoms with Gasteiger partial charge in [-0.05, 0) is 17.5 Å². The maximum atomic E-state index is 12.5. The second-order valence-electron chi connectivity index (χ2n) is 7.89. The van der Waals surface area contributed by atoms with Crippen molar-refractivity contribution in [2.24, 2.45) is 0 Å². The Morgan fingerprint density at radius 3 is 2.54 bits per heavy atom. The third kappa shape index (κ3) is 4.02. The van der Waals surface area contributed by atoms with E-state index < -0.39 is 0 Å². The molecule has 0 atom stereocenters. The van der Waals surface area contributed by atoms with E-state index in [1.807, 2.05) is 41.8 Å². The molecule has 6 rings (SSSR count). The summed E-state index contributed by atoms with van der Waals surface area (Å²) in [7, 11) is 1.63. The Morgan fingerprint density at radius 1 is 0.943 bits per heavy atom. The lowest BCUT2D eigenvalue weighted by Gasteiger charge is -2.05.